The van der Waals surface area contributed by atoms with Crippen LogP contribution >= 0.6 is 0 Å². The Hall–Kier alpha value is -3.15. The molecule has 1 N–H and O–H groups in total. The van der Waals surface area contributed by atoms with Gasteiger partial charge in [0.25, 0.3) is 5.91 Å². The number of nitrogens with zero attached hydrogens (tertiary/aromatic N) is 1. The van der Waals surface area contributed by atoms with Gasteiger partial charge in [0.05, 0.1) is 6.42 Å². The number of esters is 1. The summed E-state index contributed by atoms with van der Waals surface area (Å²) >= 11 is 0. The number of benzene rings is 2. The van der Waals surface area contributed by atoms with Gasteiger partial charge in [-0.15, -0.1) is 0 Å². The third kappa shape index (κ3) is 4.34. The lowest BCUT2D eigenvalue weighted by molar-refractivity contribution is -0.156. The van der Waals surface area contributed by atoms with E-state index < -0.39 is 12.1 Å². The Bertz CT molecular complexity index is 914. The van der Waals surface area contributed by atoms with Crippen molar-refractivity contribution in [3.05, 3.63) is 66.1 Å². The topological polar surface area (TPSA) is 81.4 Å². The first kappa shape index (κ1) is 17.3. The van der Waals surface area contributed by atoms with Crippen molar-refractivity contribution in [1.82, 2.24) is 10.3 Å². The summed E-state index contributed by atoms with van der Waals surface area (Å²) in [4.78, 5) is 29.2. The fourth-order valence-electron chi connectivity index (χ4n) is 2.83. The molecule has 0 aliphatic heterocycles. The minimum absolute atomic E-state index is 0.0901. The van der Waals surface area contributed by atoms with Crippen molar-refractivity contribution in [2.75, 3.05) is 0 Å². The predicted octanol–water partition coefficient (Wildman–Crippen LogP) is 3.32. The highest BCUT2D eigenvalue weighted by atomic mass is 16.5. The monoisotopic (exact) mass is 364 g/mol. The summed E-state index contributed by atoms with van der Waals surface area (Å²) in [5.41, 5.74) is 2.10. The molecular weight excluding hydrogens is 344 g/mol. The van der Waals surface area contributed by atoms with Crippen LogP contribution in [0.25, 0.3) is 11.1 Å². The Morgan fingerprint density at radius 1 is 1.11 bits per heavy atom. The Balaban J connectivity index is 1.40. The molecule has 0 radical (unpaired) electrons. The van der Waals surface area contributed by atoms with Gasteiger partial charge in [-0.3, -0.25) is 9.59 Å². The molecule has 0 saturated heterocycles. The molecule has 1 fully saturated rings. The van der Waals surface area contributed by atoms with E-state index in [0.717, 1.165) is 18.4 Å². The van der Waals surface area contributed by atoms with Gasteiger partial charge in [0.2, 0.25) is 6.10 Å². The number of ether oxygens (including phenoxy) is 1. The Labute approximate surface area is 156 Å². The number of hydrogen-bond acceptors (Lipinski definition) is 5. The number of rotatable bonds is 7. The summed E-state index contributed by atoms with van der Waals surface area (Å²) in [6, 6.07) is 16.7. The molecule has 0 unspecified atom stereocenters. The van der Waals surface area contributed by atoms with E-state index in [1.807, 2.05) is 42.5 Å². The van der Waals surface area contributed by atoms with Crippen LogP contribution in [-0.4, -0.2) is 22.9 Å². The maximum Gasteiger partial charge on any atom is 0.307 e. The van der Waals surface area contributed by atoms with Crippen LogP contribution in [0.1, 0.15) is 36.8 Å². The van der Waals surface area contributed by atoms with E-state index in [9.17, 15) is 9.59 Å². The smallest absolute Gasteiger partial charge is 0.307 e. The molecule has 6 nitrogen and oxygen atoms in total. The van der Waals surface area contributed by atoms with Crippen LogP contribution in [0.2, 0.25) is 0 Å². The zero-order valence-electron chi connectivity index (χ0n) is 14.8. The molecule has 6 heteroatoms. The summed E-state index contributed by atoms with van der Waals surface area (Å²) in [5.74, 6) is -0.261. The lowest BCUT2D eigenvalue weighted by atomic mass is 10.1. The van der Waals surface area contributed by atoms with Crippen LogP contribution in [0.4, 0.5) is 0 Å². The maximum absolute atomic E-state index is 12.5. The summed E-state index contributed by atoms with van der Waals surface area (Å²) in [5, 5.41) is 2.90. The minimum Gasteiger partial charge on any atom is -0.447 e. The molecule has 1 atom stereocenters. The zero-order valence-corrected chi connectivity index (χ0v) is 14.8. The van der Waals surface area contributed by atoms with E-state index in [1.165, 1.54) is 0 Å². The Kier molecular flexibility index (Phi) is 4.87. The number of para-hydroxylation sites is 2. The SMILES string of the molecule is O=C(CCc1nc2ccccc2o1)O[C@H](C(=O)NC1CC1)c1ccccc1. The molecule has 1 aliphatic carbocycles. The highest BCUT2D eigenvalue weighted by Gasteiger charge is 2.30. The standard InChI is InChI=1S/C21H20N2O4/c24-19(13-12-18-23-16-8-4-5-9-17(16)26-18)27-20(14-6-2-1-3-7-14)21(25)22-15-10-11-15/h1-9,15,20H,10-13H2,(H,22,25)/t20-/m0/s1. The van der Waals surface area contributed by atoms with Gasteiger partial charge in [0.1, 0.15) is 5.52 Å². The zero-order chi connectivity index (χ0) is 18.6. The second-order valence-electron chi connectivity index (χ2n) is 6.64. The van der Waals surface area contributed by atoms with Gasteiger partial charge in [-0.05, 0) is 25.0 Å². The molecule has 2 aromatic carbocycles. The Morgan fingerprint density at radius 2 is 1.85 bits per heavy atom. The van der Waals surface area contributed by atoms with Gasteiger partial charge >= 0.3 is 5.97 Å². The van der Waals surface area contributed by atoms with Crippen molar-refractivity contribution in [2.24, 2.45) is 0 Å². The first-order valence-corrected chi connectivity index (χ1v) is 9.08. The van der Waals surface area contributed by atoms with Crippen molar-refractivity contribution < 1.29 is 18.7 Å². The van der Waals surface area contributed by atoms with Crippen molar-refractivity contribution >= 4 is 23.0 Å². The molecular formula is C21H20N2O4. The third-order valence-corrected chi connectivity index (χ3v) is 4.39. The van der Waals surface area contributed by atoms with Crippen LogP contribution in [0.15, 0.2) is 59.0 Å². The van der Waals surface area contributed by atoms with Crippen molar-refractivity contribution in [1.29, 1.82) is 0 Å². The number of amides is 1. The first-order chi connectivity index (χ1) is 13.2. The second-order valence-corrected chi connectivity index (χ2v) is 6.64. The summed E-state index contributed by atoms with van der Waals surface area (Å²) in [6.07, 6.45) is 1.41. The predicted molar refractivity (Wildman–Crippen MR) is 98.8 cm³/mol. The van der Waals surface area contributed by atoms with Crippen LogP contribution < -0.4 is 5.32 Å². The number of oxazole rings is 1. The van der Waals surface area contributed by atoms with Gasteiger partial charge in [0, 0.05) is 18.0 Å². The molecule has 3 aromatic rings. The van der Waals surface area contributed by atoms with Crippen molar-refractivity contribution in [2.45, 2.75) is 37.8 Å². The van der Waals surface area contributed by atoms with Crippen molar-refractivity contribution in [3.63, 3.8) is 0 Å². The van der Waals surface area contributed by atoms with Gasteiger partial charge in [-0.25, -0.2) is 4.98 Å². The van der Waals surface area contributed by atoms with E-state index in [1.54, 1.807) is 12.1 Å². The molecule has 0 bridgehead atoms. The number of fused-ring (bicyclic) bond motifs is 1. The second kappa shape index (κ2) is 7.61. The molecule has 27 heavy (non-hydrogen) atoms. The quantitative estimate of drug-likeness (QED) is 0.651. The lowest BCUT2D eigenvalue weighted by Gasteiger charge is -2.17. The molecule has 1 saturated carbocycles. The number of nitrogens with one attached hydrogen (secondary N) is 1. The highest BCUT2D eigenvalue weighted by molar-refractivity contribution is 5.85. The number of carbonyl (C=O) groups excluding carboxylic acids is 2. The summed E-state index contributed by atoms with van der Waals surface area (Å²) in [6.45, 7) is 0. The van der Waals surface area contributed by atoms with Crippen LogP contribution in [-0.2, 0) is 20.7 Å². The molecule has 4 rings (SSSR count). The van der Waals surface area contributed by atoms with E-state index in [0.29, 0.717) is 23.5 Å². The van der Waals surface area contributed by atoms with E-state index >= 15 is 0 Å². The average molecular weight is 364 g/mol. The molecule has 0 spiro atoms. The number of hydrogen-bond donors (Lipinski definition) is 1. The van der Waals surface area contributed by atoms with E-state index in [2.05, 4.69) is 10.3 Å². The molecule has 1 amide bonds. The maximum atomic E-state index is 12.5. The number of carbonyl (C=O) groups is 2. The van der Waals surface area contributed by atoms with Crippen LogP contribution in [0.3, 0.4) is 0 Å². The van der Waals surface area contributed by atoms with Crippen LogP contribution in [0.5, 0.6) is 0 Å². The minimum atomic E-state index is -0.942. The number of aryl methyl sites for hydroxylation is 1. The first-order valence-electron chi connectivity index (χ1n) is 9.08. The molecule has 1 heterocycles. The fourth-order valence-corrected chi connectivity index (χ4v) is 2.83. The van der Waals surface area contributed by atoms with Crippen LogP contribution in [0, 0.1) is 0 Å². The fraction of sp³-hybridized carbons (Fsp3) is 0.286. The van der Waals surface area contributed by atoms with Gasteiger partial charge in [-0.1, -0.05) is 42.5 Å². The van der Waals surface area contributed by atoms with E-state index in [4.69, 9.17) is 9.15 Å². The normalized spacial score (nSPS) is 14.7. The number of aromatic nitrogens is 1. The Morgan fingerprint density at radius 3 is 2.59 bits per heavy atom. The van der Waals surface area contributed by atoms with Gasteiger partial charge in [-0.2, -0.15) is 0 Å². The largest absolute Gasteiger partial charge is 0.447 e. The van der Waals surface area contributed by atoms with Crippen molar-refractivity contribution in [3.8, 4) is 0 Å². The summed E-state index contributed by atoms with van der Waals surface area (Å²) < 4.78 is 11.1. The van der Waals surface area contributed by atoms with Gasteiger partial charge < -0.3 is 14.5 Å². The molecule has 1 aliphatic rings. The highest BCUT2D eigenvalue weighted by Crippen LogP contribution is 2.24. The third-order valence-electron chi connectivity index (χ3n) is 4.39. The summed E-state index contributed by atoms with van der Waals surface area (Å²) in [7, 11) is 0. The molecule has 138 valence electrons. The average Bonchev–Trinajstić information content (AvgIpc) is 3.40. The molecule has 1 aromatic heterocycles. The van der Waals surface area contributed by atoms with Gasteiger partial charge in [0.15, 0.2) is 11.5 Å². The lowest BCUT2D eigenvalue weighted by Crippen LogP contribution is -2.33. The van der Waals surface area contributed by atoms with E-state index in [-0.39, 0.29) is 18.4 Å².